The van der Waals surface area contributed by atoms with Gasteiger partial charge in [0.2, 0.25) is 0 Å². The molecule has 1 N–H and O–H groups in total. The Morgan fingerprint density at radius 1 is 1.30 bits per heavy atom. The van der Waals surface area contributed by atoms with Gasteiger partial charge < -0.3 is 5.32 Å². The molecule has 0 atom stereocenters. The lowest BCUT2D eigenvalue weighted by molar-refractivity contribution is 0.0948. The molecule has 0 bridgehead atoms. The molecule has 0 fully saturated rings. The molecule has 0 spiro atoms. The Kier molecular flexibility index (Phi) is 4.99. The highest BCUT2D eigenvalue weighted by molar-refractivity contribution is 7.09. The molecular weight excluding hydrogens is 334 g/mol. The first-order chi connectivity index (χ1) is 11.2. The summed E-state index contributed by atoms with van der Waals surface area (Å²) in [5, 5.41) is 11.6. The van der Waals surface area contributed by atoms with Crippen LogP contribution >= 0.6 is 23.1 Å². The predicted molar refractivity (Wildman–Crippen MR) is 89.5 cm³/mol. The molecule has 3 rings (SSSR count). The lowest BCUT2D eigenvalue weighted by Crippen LogP contribution is -2.26. The van der Waals surface area contributed by atoms with Gasteiger partial charge in [0.05, 0.1) is 4.88 Å². The first-order valence-electron chi connectivity index (χ1n) is 7.08. The van der Waals surface area contributed by atoms with Gasteiger partial charge in [0.15, 0.2) is 5.69 Å². The smallest absolute Gasteiger partial charge is 0.273 e. The van der Waals surface area contributed by atoms with Crippen LogP contribution in [0.25, 0.3) is 10.4 Å². The van der Waals surface area contributed by atoms with Crippen LogP contribution in [0.3, 0.4) is 0 Å². The van der Waals surface area contributed by atoms with E-state index in [0.29, 0.717) is 17.3 Å². The summed E-state index contributed by atoms with van der Waals surface area (Å²) in [6.45, 7) is 1.31. The van der Waals surface area contributed by atoms with Gasteiger partial charge in [-0.1, -0.05) is 28.2 Å². The molecule has 1 amide bonds. The van der Waals surface area contributed by atoms with Gasteiger partial charge in [-0.25, -0.2) is 0 Å². The number of halogens is 1. The van der Waals surface area contributed by atoms with E-state index in [-0.39, 0.29) is 5.91 Å². The molecule has 0 aliphatic heterocycles. The van der Waals surface area contributed by atoms with Crippen molar-refractivity contribution in [3.8, 4) is 10.4 Å². The molecule has 6 nitrogen and oxygen atoms in total. The zero-order valence-electron chi connectivity index (χ0n) is 12.1. The van der Waals surface area contributed by atoms with Crippen LogP contribution in [0.15, 0.2) is 42.7 Å². The van der Waals surface area contributed by atoms with Crippen LogP contribution in [0.1, 0.15) is 16.9 Å². The number of hydrogen-bond donors (Lipinski definition) is 1. The Bertz CT molecular complexity index is 770. The van der Waals surface area contributed by atoms with Crippen molar-refractivity contribution in [3.63, 3.8) is 0 Å². The van der Waals surface area contributed by atoms with Gasteiger partial charge >= 0.3 is 0 Å². The number of carbonyl (C=O) groups is 1. The van der Waals surface area contributed by atoms with Crippen molar-refractivity contribution in [2.24, 2.45) is 0 Å². The first kappa shape index (κ1) is 15.6. The topological polar surface area (TPSA) is 72.7 Å². The molecule has 23 heavy (non-hydrogen) atoms. The van der Waals surface area contributed by atoms with E-state index in [4.69, 9.17) is 11.6 Å². The molecule has 1 aromatic carbocycles. The maximum absolute atomic E-state index is 12.3. The second-order valence-electron chi connectivity index (χ2n) is 4.84. The van der Waals surface area contributed by atoms with Gasteiger partial charge in [-0.3, -0.25) is 9.48 Å². The fraction of sp³-hybridized carbons (Fsp3) is 0.200. The highest BCUT2D eigenvalue weighted by Crippen LogP contribution is 2.27. The maximum Gasteiger partial charge on any atom is 0.273 e. The summed E-state index contributed by atoms with van der Waals surface area (Å²) in [5.41, 5.74) is 1.22. The van der Waals surface area contributed by atoms with Crippen molar-refractivity contribution >= 4 is 29.0 Å². The number of amides is 1. The van der Waals surface area contributed by atoms with Crippen LogP contribution in [0.5, 0.6) is 0 Å². The SMILES string of the molecule is O=C(NCCCn1cccn1)c1nnsc1-c1ccc(Cl)cc1. The molecule has 2 aromatic heterocycles. The highest BCUT2D eigenvalue weighted by Gasteiger charge is 2.17. The molecule has 2 heterocycles. The summed E-state index contributed by atoms with van der Waals surface area (Å²) in [6.07, 6.45) is 4.42. The maximum atomic E-state index is 12.3. The Morgan fingerprint density at radius 2 is 2.13 bits per heavy atom. The Labute approximate surface area is 142 Å². The number of benzene rings is 1. The van der Waals surface area contributed by atoms with Gasteiger partial charge in [-0.05, 0) is 41.7 Å². The lowest BCUT2D eigenvalue weighted by Gasteiger charge is -2.05. The normalized spacial score (nSPS) is 10.7. The van der Waals surface area contributed by atoms with Crippen LogP contribution < -0.4 is 5.32 Å². The number of aromatic nitrogens is 4. The molecule has 0 saturated heterocycles. The van der Waals surface area contributed by atoms with Gasteiger partial charge in [0.25, 0.3) is 5.91 Å². The Hall–Kier alpha value is -2.25. The van der Waals surface area contributed by atoms with Crippen molar-refractivity contribution in [3.05, 3.63) is 53.4 Å². The standard InChI is InChI=1S/C15H14ClN5OS/c16-12-5-3-11(4-6-12)14-13(19-20-23-14)15(22)17-7-1-9-21-10-2-8-18-21/h2-6,8,10H,1,7,9H2,(H,17,22). The molecule has 118 valence electrons. The van der Waals surface area contributed by atoms with Gasteiger partial charge in [-0.2, -0.15) is 5.10 Å². The summed E-state index contributed by atoms with van der Waals surface area (Å²) in [5.74, 6) is -0.218. The monoisotopic (exact) mass is 347 g/mol. The van der Waals surface area contributed by atoms with Crippen LogP contribution in [0.4, 0.5) is 0 Å². The number of aryl methyl sites for hydroxylation is 1. The highest BCUT2D eigenvalue weighted by atomic mass is 35.5. The molecule has 0 unspecified atom stereocenters. The summed E-state index contributed by atoms with van der Waals surface area (Å²) in [4.78, 5) is 13.0. The molecule has 0 radical (unpaired) electrons. The number of carbonyl (C=O) groups excluding carboxylic acids is 1. The zero-order valence-corrected chi connectivity index (χ0v) is 13.7. The average molecular weight is 348 g/mol. The third-order valence-electron chi connectivity index (χ3n) is 3.22. The lowest BCUT2D eigenvalue weighted by atomic mass is 10.1. The fourth-order valence-electron chi connectivity index (χ4n) is 2.09. The third kappa shape index (κ3) is 3.94. The van der Waals surface area contributed by atoms with E-state index in [1.54, 1.807) is 18.3 Å². The largest absolute Gasteiger partial charge is 0.351 e. The minimum Gasteiger partial charge on any atom is -0.351 e. The quantitative estimate of drug-likeness (QED) is 0.696. The molecule has 0 aliphatic rings. The van der Waals surface area contributed by atoms with E-state index in [9.17, 15) is 4.79 Å². The fourth-order valence-corrected chi connectivity index (χ4v) is 2.88. The summed E-state index contributed by atoms with van der Waals surface area (Å²) in [6, 6.07) is 9.14. The number of hydrogen-bond acceptors (Lipinski definition) is 5. The molecule has 8 heteroatoms. The second-order valence-corrected chi connectivity index (χ2v) is 6.03. The number of nitrogens with one attached hydrogen (secondary N) is 1. The van der Waals surface area contributed by atoms with Crippen LogP contribution in [-0.4, -0.2) is 31.8 Å². The first-order valence-corrected chi connectivity index (χ1v) is 8.23. The number of rotatable bonds is 6. The zero-order chi connectivity index (χ0) is 16.1. The van der Waals surface area contributed by atoms with E-state index >= 15 is 0 Å². The molecular formula is C15H14ClN5OS. The summed E-state index contributed by atoms with van der Waals surface area (Å²) >= 11 is 7.08. The van der Waals surface area contributed by atoms with E-state index < -0.39 is 0 Å². The van der Waals surface area contributed by atoms with Crippen molar-refractivity contribution < 1.29 is 4.79 Å². The Morgan fingerprint density at radius 3 is 2.87 bits per heavy atom. The second kappa shape index (κ2) is 7.34. The van der Waals surface area contributed by atoms with Crippen LogP contribution in [0, 0.1) is 0 Å². The van der Waals surface area contributed by atoms with Gasteiger partial charge in [0, 0.05) is 30.5 Å². The minimum atomic E-state index is -0.218. The van der Waals surface area contributed by atoms with Crippen molar-refractivity contribution in [2.45, 2.75) is 13.0 Å². The van der Waals surface area contributed by atoms with Crippen molar-refractivity contribution in [1.82, 2.24) is 24.7 Å². The molecule has 3 aromatic rings. The number of nitrogens with zero attached hydrogens (tertiary/aromatic N) is 4. The van der Waals surface area contributed by atoms with E-state index in [0.717, 1.165) is 23.4 Å². The summed E-state index contributed by atoms with van der Waals surface area (Å²) < 4.78 is 5.72. The average Bonchev–Trinajstić information content (AvgIpc) is 3.23. The van der Waals surface area contributed by atoms with E-state index in [1.165, 1.54) is 11.5 Å². The minimum absolute atomic E-state index is 0.218. The summed E-state index contributed by atoms with van der Waals surface area (Å²) in [7, 11) is 0. The third-order valence-corrected chi connectivity index (χ3v) is 4.25. The van der Waals surface area contributed by atoms with Crippen LogP contribution in [0.2, 0.25) is 5.02 Å². The van der Waals surface area contributed by atoms with Gasteiger partial charge in [0.1, 0.15) is 0 Å². The predicted octanol–water partition coefficient (Wildman–Crippen LogP) is 2.88. The van der Waals surface area contributed by atoms with Crippen LogP contribution in [-0.2, 0) is 6.54 Å². The van der Waals surface area contributed by atoms with Crippen molar-refractivity contribution in [2.75, 3.05) is 6.54 Å². The Balaban J connectivity index is 1.59. The molecule has 0 saturated carbocycles. The van der Waals surface area contributed by atoms with E-state index in [1.807, 2.05) is 29.1 Å². The van der Waals surface area contributed by atoms with Crippen molar-refractivity contribution in [1.29, 1.82) is 0 Å². The van der Waals surface area contributed by atoms with Gasteiger partial charge in [-0.15, -0.1) is 5.10 Å². The molecule has 0 aliphatic carbocycles. The van der Waals surface area contributed by atoms with E-state index in [2.05, 4.69) is 20.0 Å².